The molecule has 0 spiro atoms. The summed E-state index contributed by atoms with van der Waals surface area (Å²) in [4.78, 5) is 0. The molecule has 7 heteroatoms. The Hall–Kier alpha value is -0.0900. The van der Waals surface area contributed by atoms with Crippen molar-refractivity contribution in [1.82, 2.24) is 0 Å². The van der Waals surface area contributed by atoms with E-state index in [4.69, 9.17) is 38.0 Å². The summed E-state index contributed by atoms with van der Waals surface area (Å²) in [5, 5.41) is 0.847. The normalized spacial score (nSPS) is 13.6. The van der Waals surface area contributed by atoms with Crippen molar-refractivity contribution in [3.8, 4) is 0 Å². The van der Waals surface area contributed by atoms with Gasteiger partial charge in [0, 0.05) is 10.0 Å². The van der Waals surface area contributed by atoms with Crippen molar-refractivity contribution < 1.29 is 13.6 Å². The molecule has 0 fully saturated rings. The Morgan fingerprint density at radius 1 is 1.17 bits per heavy atom. The Balaban J connectivity index is 3.09. The molecule has 2 N–H and O–H groups in total. The molecule has 1 rings (SSSR count). The minimum atomic E-state index is -3.41. The highest BCUT2D eigenvalue weighted by Gasteiger charge is 2.34. The number of rotatable bonds is 6. The summed E-state index contributed by atoms with van der Waals surface area (Å²) < 4.78 is 22.9. The van der Waals surface area contributed by atoms with Crippen LogP contribution in [0.3, 0.4) is 0 Å². The van der Waals surface area contributed by atoms with Gasteiger partial charge in [0.1, 0.15) is 5.78 Å². The van der Waals surface area contributed by atoms with Gasteiger partial charge >= 0.3 is 7.60 Å². The maximum atomic E-state index is 12.5. The Labute approximate surface area is 117 Å². The first kappa shape index (κ1) is 16.0. The SMILES string of the molecule is CCOP(=O)(OCC)[C@H](N)c1cc(Cl)cc(Cl)c1. The molecule has 1 aromatic rings. The molecule has 0 amide bonds. The third-order valence-electron chi connectivity index (χ3n) is 2.19. The molecule has 4 nitrogen and oxygen atoms in total. The maximum absolute atomic E-state index is 12.5. The van der Waals surface area contributed by atoms with Gasteiger partial charge in [0.05, 0.1) is 13.2 Å². The zero-order valence-corrected chi connectivity index (χ0v) is 12.6. The van der Waals surface area contributed by atoms with Crippen molar-refractivity contribution >= 4 is 30.8 Å². The van der Waals surface area contributed by atoms with Crippen LogP contribution in [0.5, 0.6) is 0 Å². The second-order valence-corrected chi connectivity index (χ2v) is 6.55. The van der Waals surface area contributed by atoms with Crippen LogP contribution in [-0.4, -0.2) is 13.2 Å². The molecule has 1 atom stereocenters. The summed E-state index contributed by atoms with van der Waals surface area (Å²) in [6, 6.07) is 4.77. The van der Waals surface area contributed by atoms with Crippen LogP contribution < -0.4 is 5.73 Å². The summed E-state index contributed by atoms with van der Waals surface area (Å²) in [5.74, 6) is -0.909. The number of hydrogen-bond donors (Lipinski definition) is 1. The molecule has 0 aliphatic rings. The molecule has 0 heterocycles. The van der Waals surface area contributed by atoms with Crippen molar-refractivity contribution in [2.75, 3.05) is 13.2 Å². The maximum Gasteiger partial charge on any atom is 0.351 e. The number of hydrogen-bond acceptors (Lipinski definition) is 4. The van der Waals surface area contributed by atoms with E-state index in [1.165, 1.54) is 0 Å². The number of benzene rings is 1. The number of halogens is 2. The lowest BCUT2D eigenvalue weighted by atomic mass is 10.2. The second kappa shape index (κ2) is 6.90. The summed E-state index contributed by atoms with van der Waals surface area (Å²) >= 11 is 11.8. The van der Waals surface area contributed by atoms with Crippen LogP contribution in [0.1, 0.15) is 25.2 Å². The molecule has 18 heavy (non-hydrogen) atoms. The Morgan fingerprint density at radius 2 is 1.61 bits per heavy atom. The van der Waals surface area contributed by atoms with Crippen LogP contribution in [-0.2, 0) is 13.6 Å². The fourth-order valence-corrected chi connectivity index (χ4v) is 3.66. The van der Waals surface area contributed by atoms with Crippen LogP contribution in [0.4, 0.5) is 0 Å². The zero-order chi connectivity index (χ0) is 13.8. The molecule has 0 aliphatic heterocycles. The van der Waals surface area contributed by atoms with E-state index in [9.17, 15) is 4.57 Å². The smallest absolute Gasteiger partial charge is 0.314 e. The van der Waals surface area contributed by atoms with Gasteiger partial charge < -0.3 is 14.8 Å². The summed E-state index contributed by atoms with van der Waals surface area (Å²) in [5.41, 5.74) is 6.48. The van der Waals surface area contributed by atoms with E-state index in [-0.39, 0.29) is 13.2 Å². The Kier molecular flexibility index (Phi) is 6.12. The highest BCUT2D eigenvalue weighted by atomic mass is 35.5. The van der Waals surface area contributed by atoms with Gasteiger partial charge in [-0.05, 0) is 37.6 Å². The molecule has 0 saturated heterocycles. The van der Waals surface area contributed by atoms with E-state index in [2.05, 4.69) is 0 Å². The van der Waals surface area contributed by atoms with E-state index in [0.29, 0.717) is 15.6 Å². The zero-order valence-electron chi connectivity index (χ0n) is 10.2. The van der Waals surface area contributed by atoms with E-state index >= 15 is 0 Å². The van der Waals surface area contributed by atoms with Gasteiger partial charge in [-0.15, -0.1) is 0 Å². The first-order chi connectivity index (χ1) is 8.42. The van der Waals surface area contributed by atoms with Crippen molar-refractivity contribution in [3.05, 3.63) is 33.8 Å². The highest BCUT2D eigenvalue weighted by molar-refractivity contribution is 7.54. The van der Waals surface area contributed by atoms with Gasteiger partial charge in [-0.25, -0.2) is 0 Å². The van der Waals surface area contributed by atoms with Crippen LogP contribution in [0.2, 0.25) is 10.0 Å². The van der Waals surface area contributed by atoms with E-state index in [1.54, 1.807) is 32.0 Å². The van der Waals surface area contributed by atoms with E-state index < -0.39 is 13.4 Å². The van der Waals surface area contributed by atoms with Crippen LogP contribution in [0.25, 0.3) is 0 Å². The van der Waals surface area contributed by atoms with Gasteiger partial charge in [-0.1, -0.05) is 23.2 Å². The van der Waals surface area contributed by atoms with Crippen molar-refractivity contribution in [3.63, 3.8) is 0 Å². The lowest BCUT2D eigenvalue weighted by molar-refractivity contribution is 0.212. The first-order valence-corrected chi connectivity index (χ1v) is 7.90. The van der Waals surface area contributed by atoms with Gasteiger partial charge in [0.2, 0.25) is 0 Å². The quantitative estimate of drug-likeness (QED) is 0.799. The number of nitrogens with two attached hydrogens (primary N) is 1. The third-order valence-corrected chi connectivity index (χ3v) is 4.84. The van der Waals surface area contributed by atoms with E-state index in [1.807, 2.05) is 0 Å². The molecule has 0 unspecified atom stereocenters. The molecule has 1 aromatic carbocycles. The van der Waals surface area contributed by atoms with Gasteiger partial charge in [-0.3, -0.25) is 4.57 Å². The predicted octanol–water partition coefficient (Wildman–Crippen LogP) is 4.22. The summed E-state index contributed by atoms with van der Waals surface area (Å²) in [7, 11) is -3.41. The minimum absolute atomic E-state index is 0.249. The van der Waals surface area contributed by atoms with Crippen LogP contribution in [0, 0.1) is 0 Å². The van der Waals surface area contributed by atoms with Gasteiger partial charge in [0.25, 0.3) is 0 Å². The van der Waals surface area contributed by atoms with Crippen LogP contribution >= 0.6 is 30.8 Å². The topological polar surface area (TPSA) is 61.5 Å². The Bertz CT molecular complexity index is 426. The second-order valence-electron chi connectivity index (χ2n) is 3.52. The molecular weight excluding hydrogens is 296 g/mol. The lowest BCUT2D eigenvalue weighted by Crippen LogP contribution is -2.15. The van der Waals surface area contributed by atoms with Crippen molar-refractivity contribution in [1.29, 1.82) is 0 Å². The summed E-state index contributed by atoms with van der Waals surface area (Å²) in [6.07, 6.45) is 0. The fraction of sp³-hybridized carbons (Fsp3) is 0.455. The predicted molar refractivity (Wildman–Crippen MR) is 74.2 cm³/mol. The fourth-order valence-electron chi connectivity index (χ4n) is 1.49. The molecule has 0 bridgehead atoms. The molecule has 0 aromatic heterocycles. The average molecular weight is 312 g/mol. The van der Waals surface area contributed by atoms with Crippen LogP contribution in [0.15, 0.2) is 18.2 Å². The Morgan fingerprint density at radius 3 is 2.00 bits per heavy atom. The average Bonchev–Trinajstić information content (AvgIpc) is 2.27. The first-order valence-electron chi connectivity index (χ1n) is 5.53. The largest absolute Gasteiger partial charge is 0.351 e. The standard InChI is InChI=1S/C11H16Cl2NO3P/c1-3-16-18(15,17-4-2)11(14)8-5-9(12)7-10(13)6-8/h5-7,11H,3-4,14H2,1-2H3/t11-/m0/s1. The third kappa shape index (κ3) is 3.95. The van der Waals surface area contributed by atoms with Crippen molar-refractivity contribution in [2.24, 2.45) is 5.73 Å². The van der Waals surface area contributed by atoms with E-state index in [0.717, 1.165) is 0 Å². The molecular formula is C11H16Cl2NO3P. The highest BCUT2D eigenvalue weighted by Crippen LogP contribution is 2.58. The van der Waals surface area contributed by atoms with Crippen molar-refractivity contribution in [2.45, 2.75) is 19.6 Å². The van der Waals surface area contributed by atoms with Gasteiger partial charge in [-0.2, -0.15) is 0 Å². The van der Waals surface area contributed by atoms with Gasteiger partial charge in [0.15, 0.2) is 0 Å². The molecule has 102 valence electrons. The molecule has 0 aliphatic carbocycles. The monoisotopic (exact) mass is 311 g/mol. The summed E-state index contributed by atoms with van der Waals surface area (Å²) in [6.45, 7) is 3.95. The molecule has 0 radical (unpaired) electrons. The minimum Gasteiger partial charge on any atom is -0.314 e. The molecule has 0 saturated carbocycles. The lowest BCUT2D eigenvalue weighted by Gasteiger charge is -2.23.